The summed E-state index contributed by atoms with van der Waals surface area (Å²) in [4.78, 5) is 26.1. The smallest absolute Gasteiger partial charge is 0.338 e. The molecule has 4 rings (SSSR count). The van der Waals surface area contributed by atoms with Gasteiger partial charge < -0.3 is 23.7 Å². The van der Waals surface area contributed by atoms with E-state index in [0.29, 0.717) is 16.5 Å². The van der Waals surface area contributed by atoms with Crippen molar-refractivity contribution in [1.29, 1.82) is 0 Å². The van der Waals surface area contributed by atoms with Gasteiger partial charge in [0.05, 0.1) is 17.7 Å². The SMILES string of the molecule is CO[C@H]1O[C@H](CBr)[C@@H](OC(=O)c2ccccc2)[C@H](OC(=O)c2ccccc2)[C@H]1OCc1ccccc1. The van der Waals surface area contributed by atoms with E-state index >= 15 is 0 Å². The Bertz CT molecular complexity index is 1110. The van der Waals surface area contributed by atoms with Crippen LogP contribution in [0.4, 0.5) is 0 Å². The summed E-state index contributed by atoms with van der Waals surface area (Å²) in [6, 6.07) is 26.8. The number of rotatable bonds is 9. The van der Waals surface area contributed by atoms with Crippen LogP contribution in [0.5, 0.6) is 0 Å². The Hall–Kier alpha value is -3.04. The van der Waals surface area contributed by atoms with E-state index in [0.717, 1.165) is 5.56 Å². The normalized spacial score (nSPS) is 23.6. The molecule has 0 saturated carbocycles. The first-order valence-corrected chi connectivity index (χ1v) is 12.6. The van der Waals surface area contributed by atoms with Crippen molar-refractivity contribution < 1.29 is 33.3 Å². The Kier molecular flexibility index (Phi) is 9.24. The molecule has 0 spiro atoms. The second-order valence-electron chi connectivity index (χ2n) is 8.17. The van der Waals surface area contributed by atoms with Crippen LogP contribution >= 0.6 is 15.9 Å². The predicted octanol–water partition coefficient (Wildman–Crippen LogP) is 4.79. The van der Waals surface area contributed by atoms with Crippen molar-refractivity contribution >= 4 is 27.9 Å². The lowest BCUT2D eigenvalue weighted by molar-refractivity contribution is -0.295. The van der Waals surface area contributed by atoms with Crippen LogP contribution in [-0.4, -0.2) is 55.1 Å². The fourth-order valence-corrected chi connectivity index (χ4v) is 4.46. The standard InChI is InChI=1S/C28H27BrO7/c1-32-28-25(33-18-19-11-5-2-6-12-19)24(36-27(31)21-15-9-4-10-16-21)23(22(17-29)34-28)35-26(30)20-13-7-3-8-14-20/h2-16,22-25,28H,17-18H2,1H3/t22-,23-,24+,25-,28+/m1/s1. The molecule has 5 atom stereocenters. The molecule has 7 nitrogen and oxygen atoms in total. The maximum atomic E-state index is 13.1. The largest absolute Gasteiger partial charge is 0.452 e. The summed E-state index contributed by atoms with van der Waals surface area (Å²) in [7, 11) is 1.49. The molecule has 0 aliphatic carbocycles. The molecule has 0 bridgehead atoms. The van der Waals surface area contributed by atoms with Crippen molar-refractivity contribution in [2.75, 3.05) is 12.4 Å². The molecular formula is C28H27BrO7. The number of esters is 2. The van der Waals surface area contributed by atoms with Gasteiger partial charge in [-0.25, -0.2) is 9.59 Å². The van der Waals surface area contributed by atoms with Crippen molar-refractivity contribution in [1.82, 2.24) is 0 Å². The third-order valence-electron chi connectivity index (χ3n) is 5.77. The Morgan fingerprint density at radius 3 is 1.75 bits per heavy atom. The maximum absolute atomic E-state index is 13.1. The average molecular weight is 555 g/mol. The molecule has 0 radical (unpaired) electrons. The fourth-order valence-electron chi connectivity index (χ4n) is 3.94. The molecule has 1 fully saturated rings. The van der Waals surface area contributed by atoms with Gasteiger partial charge in [0.25, 0.3) is 0 Å². The van der Waals surface area contributed by atoms with E-state index in [4.69, 9.17) is 23.7 Å². The minimum absolute atomic E-state index is 0.215. The van der Waals surface area contributed by atoms with E-state index in [2.05, 4.69) is 15.9 Å². The zero-order chi connectivity index (χ0) is 25.3. The second kappa shape index (κ2) is 12.8. The number of methoxy groups -OCH3 is 1. The summed E-state index contributed by atoms with van der Waals surface area (Å²) in [5.41, 5.74) is 1.65. The molecule has 0 unspecified atom stereocenters. The molecule has 188 valence electrons. The van der Waals surface area contributed by atoms with Gasteiger partial charge in [0.15, 0.2) is 18.5 Å². The van der Waals surface area contributed by atoms with Crippen molar-refractivity contribution in [2.24, 2.45) is 0 Å². The molecule has 1 aliphatic heterocycles. The number of hydrogen-bond acceptors (Lipinski definition) is 7. The van der Waals surface area contributed by atoms with Crippen LogP contribution in [0.2, 0.25) is 0 Å². The van der Waals surface area contributed by atoms with Crippen LogP contribution < -0.4 is 0 Å². The number of carbonyl (C=O) groups excluding carboxylic acids is 2. The molecule has 1 saturated heterocycles. The van der Waals surface area contributed by atoms with E-state index in [1.54, 1.807) is 48.5 Å². The Morgan fingerprint density at radius 1 is 0.750 bits per heavy atom. The molecule has 8 heteroatoms. The number of halogens is 1. The van der Waals surface area contributed by atoms with Gasteiger partial charge in [0, 0.05) is 12.4 Å². The first-order valence-electron chi connectivity index (χ1n) is 11.5. The molecule has 36 heavy (non-hydrogen) atoms. The van der Waals surface area contributed by atoms with E-state index in [1.807, 2.05) is 42.5 Å². The molecule has 3 aromatic carbocycles. The molecule has 0 N–H and O–H groups in total. The summed E-state index contributed by atoms with van der Waals surface area (Å²) in [5.74, 6) is -1.13. The lowest BCUT2D eigenvalue weighted by atomic mass is 9.98. The fraction of sp³-hybridized carbons (Fsp3) is 0.286. The lowest BCUT2D eigenvalue weighted by Crippen LogP contribution is -2.62. The van der Waals surface area contributed by atoms with Gasteiger partial charge in [0.2, 0.25) is 0 Å². The number of alkyl halides is 1. The van der Waals surface area contributed by atoms with Crippen LogP contribution in [0, 0.1) is 0 Å². The second-order valence-corrected chi connectivity index (χ2v) is 8.81. The van der Waals surface area contributed by atoms with Gasteiger partial charge in [-0.05, 0) is 29.8 Å². The van der Waals surface area contributed by atoms with E-state index in [9.17, 15) is 9.59 Å². The van der Waals surface area contributed by atoms with Gasteiger partial charge in [-0.3, -0.25) is 0 Å². The first-order chi connectivity index (χ1) is 17.6. The van der Waals surface area contributed by atoms with Crippen molar-refractivity contribution in [3.63, 3.8) is 0 Å². The topological polar surface area (TPSA) is 80.3 Å². The van der Waals surface area contributed by atoms with E-state index in [-0.39, 0.29) is 6.61 Å². The van der Waals surface area contributed by atoms with Crippen LogP contribution in [-0.2, 0) is 30.3 Å². The number of hydrogen-bond donors (Lipinski definition) is 0. The number of benzene rings is 3. The maximum Gasteiger partial charge on any atom is 0.338 e. The summed E-state index contributed by atoms with van der Waals surface area (Å²) in [5, 5.41) is 0.310. The molecular weight excluding hydrogens is 528 g/mol. The third-order valence-corrected chi connectivity index (χ3v) is 6.40. The monoisotopic (exact) mass is 554 g/mol. The number of carbonyl (C=O) groups is 2. The van der Waals surface area contributed by atoms with Gasteiger partial charge in [-0.2, -0.15) is 0 Å². The first kappa shape index (κ1) is 26.0. The van der Waals surface area contributed by atoms with E-state index in [1.165, 1.54) is 7.11 Å². The highest BCUT2D eigenvalue weighted by molar-refractivity contribution is 9.09. The van der Waals surface area contributed by atoms with Gasteiger partial charge >= 0.3 is 11.9 Å². The highest BCUT2D eigenvalue weighted by Gasteiger charge is 2.51. The van der Waals surface area contributed by atoms with Crippen molar-refractivity contribution in [2.45, 2.75) is 37.3 Å². The molecule has 0 aromatic heterocycles. The lowest BCUT2D eigenvalue weighted by Gasteiger charge is -2.44. The summed E-state index contributed by atoms with van der Waals surface area (Å²) < 4.78 is 29.7. The van der Waals surface area contributed by atoms with Crippen molar-refractivity contribution in [3.05, 3.63) is 108 Å². The van der Waals surface area contributed by atoms with Crippen LogP contribution in [0.3, 0.4) is 0 Å². The van der Waals surface area contributed by atoms with Gasteiger partial charge in [-0.15, -0.1) is 0 Å². The highest BCUT2D eigenvalue weighted by Crippen LogP contribution is 2.31. The Balaban J connectivity index is 1.65. The number of ether oxygens (including phenoxy) is 5. The van der Waals surface area contributed by atoms with Crippen LogP contribution in [0.15, 0.2) is 91.0 Å². The zero-order valence-electron chi connectivity index (χ0n) is 19.7. The van der Waals surface area contributed by atoms with Crippen LogP contribution in [0.1, 0.15) is 26.3 Å². The summed E-state index contributed by atoms with van der Waals surface area (Å²) >= 11 is 3.44. The highest BCUT2D eigenvalue weighted by atomic mass is 79.9. The average Bonchev–Trinajstić information content (AvgIpc) is 2.94. The molecule has 0 amide bonds. The van der Waals surface area contributed by atoms with Gasteiger partial charge in [0.1, 0.15) is 12.2 Å². The quantitative estimate of drug-likeness (QED) is 0.278. The Morgan fingerprint density at radius 2 is 1.25 bits per heavy atom. The zero-order valence-corrected chi connectivity index (χ0v) is 21.3. The third kappa shape index (κ3) is 6.39. The predicted molar refractivity (Wildman–Crippen MR) is 136 cm³/mol. The summed E-state index contributed by atoms with van der Waals surface area (Å²) in [6.07, 6.45) is -4.36. The molecule has 1 aliphatic rings. The minimum Gasteiger partial charge on any atom is -0.452 e. The molecule has 1 heterocycles. The van der Waals surface area contributed by atoms with E-state index < -0.39 is 42.6 Å². The molecule has 3 aromatic rings. The Labute approximate surface area is 218 Å². The van der Waals surface area contributed by atoms with Crippen LogP contribution in [0.25, 0.3) is 0 Å². The van der Waals surface area contributed by atoms with Gasteiger partial charge in [-0.1, -0.05) is 82.7 Å². The van der Waals surface area contributed by atoms with Crippen molar-refractivity contribution in [3.8, 4) is 0 Å². The minimum atomic E-state index is -1.00. The summed E-state index contributed by atoms with van der Waals surface area (Å²) in [6.45, 7) is 0.215.